The summed E-state index contributed by atoms with van der Waals surface area (Å²) in [6.45, 7) is 3.72. The summed E-state index contributed by atoms with van der Waals surface area (Å²) in [6.07, 6.45) is 1.45. The molecule has 2 aromatic carbocycles. The topological polar surface area (TPSA) is 86.8 Å². The lowest BCUT2D eigenvalue weighted by Gasteiger charge is -2.29. The first-order valence-electron chi connectivity index (χ1n) is 10.4. The van der Waals surface area contributed by atoms with Crippen LogP contribution >= 0.6 is 23.2 Å². The molecule has 2 rings (SSSR count). The molecule has 1 atom stereocenters. The summed E-state index contributed by atoms with van der Waals surface area (Å²) in [4.78, 5) is 26.8. The lowest BCUT2D eigenvalue weighted by Crippen LogP contribution is -2.47. The van der Waals surface area contributed by atoms with E-state index in [9.17, 15) is 18.0 Å². The van der Waals surface area contributed by atoms with Crippen LogP contribution in [0.4, 0.5) is 5.69 Å². The van der Waals surface area contributed by atoms with Crippen LogP contribution in [0.1, 0.15) is 30.9 Å². The maximum Gasteiger partial charge on any atom is 0.242 e. The maximum atomic E-state index is 13.1. The molecule has 0 aliphatic heterocycles. The van der Waals surface area contributed by atoms with E-state index in [2.05, 4.69) is 5.32 Å². The Morgan fingerprint density at radius 3 is 2.15 bits per heavy atom. The summed E-state index contributed by atoms with van der Waals surface area (Å²) in [7, 11) is -2.04. The number of rotatable bonds is 10. The molecule has 0 radical (unpaired) electrons. The smallest absolute Gasteiger partial charge is 0.242 e. The monoisotopic (exact) mass is 513 g/mol. The first kappa shape index (κ1) is 27.0. The molecule has 2 aromatic rings. The van der Waals surface area contributed by atoms with Gasteiger partial charge in [0.1, 0.15) is 6.04 Å². The third-order valence-corrected chi connectivity index (χ3v) is 7.18. The van der Waals surface area contributed by atoms with Crippen LogP contribution in [0.25, 0.3) is 0 Å². The van der Waals surface area contributed by atoms with Crippen LogP contribution in [0.3, 0.4) is 0 Å². The Morgan fingerprint density at radius 1 is 1.06 bits per heavy atom. The second kappa shape index (κ2) is 11.7. The van der Waals surface area contributed by atoms with E-state index in [0.29, 0.717) is 21.3 Å². The van der Waals surface area contributed by atoms with Crippen molar-refractivity contribution in [1.82, 2.24) is 10.2 Å². The lowest BCUT2D eigenvalue weighted by atomic mass is 10.1. The van der Waals surface area contributed by atoms with Gasteiger partial charge in [-0.25, -0.2) is 8.42 Å². The summed E-state index contributed by atoms with van der Waals surface area (Å²) in [5, 5.41) is 3.34. The first-order valence-corrected chi connectivity index (χ1v) is 13.0. The van der Waals surface area contributed by atoms with Crippen molar-refractivity contribution in [3.63, 3.8) is 0 Å². The van der Waals surface area contributed by atoms with Gasteiger partial charge in [-0.05, 0) is 44.5 Å². The third-order valence-electron chi connectivity index (χ3n) is 5.28. The molecule has 1 N–H and O–H groups in total. The summed E-state index contributed by atoms with van der Waals surface area (Å²) in [5.41, 5.74) is 2.09. The van der Waals surface area contributed by atoms with E-state index >= 15 is 0 Å². The van der Waals surface area contributed by atoms with Crippen molar-refractivity contribution in [1.29, 1.82) is 0 Å². The van der Waals surface area contributed by atoms with Crippen LogP contribution in [0.15, 0.2) is 42.5 Å². The minimum Gasteiger partial charge on any atom is -0.357 e. The average molecular weight is 514 g/mol. The molecule has 10 heteroatoms. The Kier molecular flexibility index (Phi) is 9.57. The summed E-state index contributed by atoms with van der Waals surface area (Å²) in [5.74, 6) is -0.636. The number of hydrogen-bond donors (Lipinski definition) is 1. The predicted octanol–water partition coefficient (Wildman–Crippen LogP) is 4.01. The second-order valence-electron chi connectivity index (χ2n) is 7.79. The Bertz CT molecular complexity index is 1070. The number of carbonyl (C=O) groups is 2. The van der Waals surface area contributed by atoms with E-state index in [1.54, 1.807) is 37.3 Å². The maximum absolute atomic E-state index is 13.1. The molecule has 0 saturated carbocycles. The molecular weight excluding hydrogens is 485 g/mol. The number of nitrogens with one attached hydrogen (secondary N) is 1. The zero-order valence-corrected chi connectivity index (χ0v) is 21.5. The van der Waals surface area contributed by atoms with Crippen LogP contribution in [0, 0.1) is 6.92 Å². The summed E-state index contributed by atoms with van der Waals surface area (Å²) >= 11 is 12.6. The molecule has 0 aromatic heterocycles. The largest absolute Gasteiger partial charge is 0.357 e. The van der Waals surface area contributed by atoms with Crippen molar-refractivity contribution in [3.05, 3.63) is 63.6 Å². The fourth-order valence-electron chi connectivity index (χ4n) is 3.36. The van der Waals surface area contributed by atoms with Crippen molar-refractivity contribution in [2.24, 2.45) is 0 Å². The summed E-state index contributed by atoms with van der Waals surface area (Å²) in [6, 6.07) is 11.4. The van der Waals surface area contributed by atoms with Crippen molar-refractivity contribution in [3.8, 4) is 0 Å². The standard InChI is InChI=1S/C23H29Cl2N3O4S/c1-16-10-12-18(13-11-16)28(33(4,31)32)14-6-9-22(29)27(17(2)23(30)26-3)15-19-20(24)7-5-8-21(19)25/h5,7-8,10-13,17H,6,9,14-15H2,1-4H3,(H,26,30). The predicted molar refractivity (Wildman–Crippen MR) is 133 cm³/mol. The van der Waals surface area contributed by atoms with Gasteiger partial charge in [0.25, 0.3) is 0 Å². The molecule has 0 bridgehead atoms. The first-order chi connectivity index (χ1) is 15.5. The van der Waals surface area contributed by atoms with Gasteiger partial charge in [0.2, 0.25) is 21.8 Å². The average Bonchev–Trinajstić information content (AvgIpc) is 2.75. The highest BCUT2D eigenvalue weighted by Gasteiger charge is 2.27. The highest BCUT2D eigenvalue weighted by molar-refractivity contribution is 7.92. The quantitative estimate of drug-likeness (QED) is 0.519. The molecule has 0 aliphatic rings. The van der Waals surface area contributed by atoms with E-state index in [1.807, 2.05) is 19.1 Å². The van der Waals surface area contributed by atoms with Crippen LogP contribution in [0.5, 0.6) is 0 Å². The minimum atomic E-state index is -3.53. The van der Waals surface area contributed by atoms with Gasteiger partial charge >= 0.3 is 0 Å². The number of benzene rings is 2. The highest BCUT2D eigenvalue weighted by atomic mass is 35.5. The number of halogens is 2. The molecule has 2 amide bonds. The molecule has 0 fully saturated rings. The Morgan fingerprint density at radius 2 is 1.64 bits per heavy atom. The molecule has 180 valence electrons. The normalized spacial score (nSPS) is 12.2. The zero-order valence-electron chi connectivity index (χ0n) is 19.1. The SMILES string of the molecule is CNC(=O)C(C)N(Cc1c(Cl)cccc1Cl)C(=O)CCCN(c1ccc(C)cc1)S(C)(=O)=O. The molecule has 33 heavy (non-hydrogen) atoms. The van der Waals surface area contributed by atoms with Gasteiger partial charge in [-0.15, -0.1) is 0 Å². The Labute approximate surface area is 205 Å². The molecule has 0 spiro atoms. The van der Waals surface area contributed by atoms with E-state index in [4.69, 9.17) is 23.2 Å². The van der Waals surface area contributed by atoms with Gasteiger partial charge in [0.05, 0.1) is 11.9 Å². The molecule has 0 saturated heterocycles. The number of hydrogen-bond acceptors (Lipinski definition) is 4. The molecular formula is C23H29Cl2N3O4S. The Hall–Kier alpha value is -2.29. The number of carbonyl (C=O) groups excluding carboxylic acids is 2. The van der Waals surface area contributed by atoms with E-state index in [1.165, 1.54) is 16.3 Å². The minimum absolute atomic E-state index is 0.0429. The number of aryl methyl sites for hydroxylation is 1. The van der Waals surface area contributed by atoms with Gasteiger partial charge in [-0.2, -0.15) is 0 Å². The zero-order chi connectivity index (χ0) is 24.8. The van der Waals surface area contributed by atoms with E-state index in [-0.39, 0.29) is 37.7 Å². The number of amides is 2. The number of sulfonamides is 1. The number of nitrogens with zero attached hydrogens (tertiary/aromatic N) is 2. The second-order valence-corrected chi connectivity index (χ2v) is 10.5. The van der Waals surface area contributed by atoms with Gasteiger partial charge in [0, 0.05) is 42.2 Å². The van der Waals surface area contributed by atoms with Crippen molar-refractivity contribution in [2.45, 2.75) is 39.3 Å². The highest BCUT2D eigenvalue weighted by Crippen LogP contribution is 2.27. The lowest BCUT2D eigenvalue weighted by molar-refractivity contribution is -0.140. The van der Waals surface area contributed by atoms with Crippen molar-refractivity contribution >= 4 is 50.7 Å². The van der Waals surface area contributed by atoms with Crippen LogP contribution in [-0.2, 0) is 26.2 Å². The van der Waals surface area contributed by atoms with Gasteiger partial charge in [0.15, 0.2) is 0 Å². The fourth-order valence-corrected chi connectivity index (χ4v) is 4.84. The van der Waals surface area contributed by atoms with Crippen LogP contribution < -0.4 is 9.62 Å². The van der Waals surface area contributed by atoms with Crippen molar-refractivity contribution in [2.75, 3.05) is 24.2 Å². The van der Waals surface area contributed by atoms with E-state index in [0.717, 1.165) is 11.8 Å². The molecule has 7 nitrogen and oxygen atoms in total. The fraction of sp³-hybridized carbons (Fsp3) is 0.391. The van der Waals surface area contributed by atoms with E-state index < -0.39 is 16.1 Å². The number of likely N-dealkylation sites (N-methyl/N-ethyl adjacent to an activating group) is 1. The van der Waals surface area contributed by atoms with Crippen LogP contribution in [0.2, 0.25) is 10.0 Å². The van der Waals surface area contributed by atoms with Crippen LogP contribution in [-0.4, -0.2) is 51.0 Å². The molecule has 0 heterocycles. The van der Waals surface area contributed by atoms with Gasteiger partial charge in [-0.1, -0.05) is 47.0 Å². The Balaban J connectivity index is 2.19. The summed E-state index contributed by atoms with van der Waals surface area (Å²) < 4.78 is 25.9. The van der Waals surface area contributed by atoms with Gasteiger partial charge in [-0.3, -0.25) is 13.9 Å². The molecule has 1 unspecified atom stereocenters. The number of anilines is 1. The van der Waals surface area contributed by atoms with Crippen molar-refractivity contribution < 1.29 is 18.0 Å². The van der Waals surface area contributed by atoms with Gasteiger partial charge < -0.3 is 10.2 Å². The molecule has 0 aliphatic carbocycles. The third kappa shape index (κ3) is 7.35.